The Labute approximate surface area is 114 Å². The van der Waals surface area contributed by atoms with Crippen LogP contribution < -0.4 is 10.9 Å². The molecule has 0 aliphatic heterocycles. The third-order valence-electron chi connectivity index (χ3n) is 3.12. The summed E-state index contributed by atoms with van der Waals surface area (Å²) in [5, 5.41) is 7.35. The summed E-state index contributed by atoms with van der Waals surface area (Å²) < 4.78 is 14.4. The van der Waals surface area contributed by atoms with Crippen molar-refractivity contribution in [2.75, 3.05) is 5.32 Å². The van der Waals surface area contributed by atoms with Crippen molar-refractivity contribution in [2.24, 2.45) is 0 Å². The van der Waals surface area contributed by atoms with Crippen LogP contribution in [-0.4, -0.2) is 14.6 Å². The van der Waals surface area contributed by atoms with E-state index in [1.165, 1.54) is 16.6 Å². The molecule has 2 heterocycles. The average molecular weight is 272 g/mol. The van der Waals surface area contributed by atoms with E-state index < -0.39 is 0 Å². The third-order valence-corrected chi connectivity index (χ3v) is 3.12. The van der Waals surface area contributed by atoms with Gasteiger partial charge in [0.1, 0.15) is 11.3 Å². The minimum absolute atomic E-state index is 0.105. The first-order chi connectivity index (χ1) is 9.63. The fraction of sp³-hybridized carbons (Fsp3) is 0.143. The van der Waals surface area contributed by atoms with E-state index in [4.69, 9.17) is 0 Å². The molecule has 1 aromatic carbocycles. The molecule has 3 aromatic rings. The lowest BCUT2D eigenvalue weighted by Gasteiger charge is -2.14. The minimum Gasteiger partial charge on any atom is -0.348 e. The minimum atomic E-state index is -0.277. The van der Waals surface area contributed by atoms with Gasteiger partial charge >= 0.3 is 0 Å². The number of hydrogen-bond donors (Lipinski definition) is 2. The molecule has 1 unspecified atom stereocenters. The number of benzene rings is 1. The lowest BCUT2D eigenvalue weighted by atomic mass is 10.1. The van der Waals surface area contributed by atoms with Crippen LogP contribution in [0, 0.1) is 5.82 Å². The highest BCUT2D eigenvalue weighted by Gasteiger charge is 2.08. The maximum absolute atomic E-state index is 12.9. The van der Waals surface area contributed by atoms with E-state index in [-0.39, 0.29) is 17.4 Å². The number of hydrogen-bond acceptors (Lipinski definition) is 3. The largest absolute Gasteiger partial charge is 0.348 e. The van der Waals surface area contributed by atoms with E-state index in [1.807, 2.05) is 6.92 Å². The number of rotatable bonds is 3. The molecule has 2 N–H and O–H groups in total. The Hall–Kier alpha value is -2.63. The van der Waals surface area contributed by atoms with Gasteiger partial charge in [-0.05, 0) is 36.8 Å². The summed E-state index contributed by atoms with van der Waals surface area (Å²) in [6, 6.07) is 9.53. The summed E-state index contributed by atoms with van der Waals surface area (Å²) in [6.45, 7) is 1.91. The predicted octanol–water partition coefficient (Wildman–Crippen LogP) is 2.33. The predicted molar refractivity (Wildman–Crippen MR) is 74.3 cm³/mol. The van der Waals surface area contributed by atoms with Gasteiger partial charge in [0.2, 0.25) is 5.95 Å². The third kappa shape index (κ3) is 2.27. The maximum atomic E-state index is 12.9. The van der Waals surface area contributed by atoms with E-state index in [0.29, 0.717) is 11.5 Å². The van der Waals surface area contributed by atoms with Crippen LogP contribution in [0.2, 0.25) is 0 Å². The van der Waals surface area contributed by atoms with Crippen LogP contribution in [0.4, 0.5) is 10.3 Å². The number of halogens is 1. The molecule has 0 radical (unpaired) electrons. The monoisotopic (exact) mass is 272 g/mol. The second-order valence-corrected chi connectivity index (χ2v) is 4.56. The van der Waals surface area contributed by atoms with Crippen LogP contribution >= 0.6 is 0 Å². The van der Waals surface area contributed by atoms with E-state index in [0.717, 1.165) is 5.56 Å². The van der Waals surface area contributed by atoms with Gasteiger partial charge in [-0.1, -0.05) is 12.1 Å². The SMILES string of the molecule is CC(Nc1nn2cccc2c(=O)[nH]1)c1ccc(F)cc1. The second kappa shape index (κ2) is 4.80. The summed E-state index contributed by atoms with van der Waals surface area (Å²) in [7, 11) is 0. The van der Waals surface area contributed by atoms with E-state index >= 15 is 0 Å². The van der Waals surface area contributed by atoms with Crippen LogP contribution in [0.15, 0.2) is 47.4 Å². The zero-order valence-electron chi connectivity index (χ0n) is 10.8. The molecule has 0 aliphatic rings. The molecule has 3 rings (SSSR count). The van der Waals surface area contributed by atoms with Gasteiger partial charge in [-0.15, -0.1) is 5.10 Å². The van der Waals surface area contributed by atoms with Gasteiger partial charge in [-0.3, -0.25) is 9.78 Å². The van der Waals surface area contributed by atoms with Crippen LogP contribution in [0.1, 0.15) is 18.5 Å². The Morgan fingerprint density at radius 1 is 1.30 bits per heavy atom. The highest BCUT2D eigenvalue weighted by Crippen LogP contribution is 2.16. The number of nitrogens with zero attached hydrogens (tertiary/aromatic N) is 2. The van der Waals surface area contributed by atoms with Gasteiger partial charge in [0, 0.05) is 6.20 Å². The molecule has 0 spiro atoms. The fourth-order valence-corrected chi connectivity index (χ4v) is 2.05. The van der Waals surface area contributed by atoms with Crippen LogP contribution in [0.3, 0.4) is 0 Å². The molecule has 0 fully saturated rings. The fourth-order valence-electron chi connectivity index (χ4n) is 2.05. The summed E-state index contributed by atoms with van der Waals surface area (Å²) in [5.74, 6) is 0.0942. The molecule has 0 aliphatic carbocycles. The Morgan fingerprint density at radius 2 is 2.05 bits per heavy atom. The van der Waals surface area contributed by atoms with Gasteiger partial charge in [-0.2, -0.15) is 0 Å². The van der Waals surface area contributed by atoms with Crippen molar-refractivity contribution in [3.8, 4) is 0 Å². The maximum Gasteiger partial charge on any atom is 0.276 e. The number of fused-ring (bicyclic) bond motifs is 1. The molecule has 0 amide bonds. The van der Waals surface area contributed by atoms with Gasteiger partial charge in [0.25, 0.3) is 5.56 Å². The number of anilines is 1. The Balaban J connectivity index is 1.88. The number of aromatic nitrogens is 3. The van der Waals surface area contributed by atoms with E-state index in [9.17, 15) is 9.18 Å². The summed E-state index contributed by atoms with van der Waals surface area (Å²) in [5.41, 5.74) is 1.19. The first kappa shape index (κ1) is 12.4. The first-order valence-corrected chi connectivity index (χ1v) is 6.23. The second-order valence-electron chi connectivity index (χ2n) is 4.56. The van der Waals surface area contributed by atoms with Crippen molar-refractivity contribution in [2.45, 2.75) is 13.0 Å². The van der Waals surface area contributed by atoms with Crippen LogP contribution in [0.25, 0.3) is 5.52 Å². The average Bonchev–Trinajstić information content (AvgIpc) is 2.88. The standard InChI is InChI=1S/C14H13FN4O/c1-9(10-4-6-11(15)7-5-10)16-14-17-13(20)12-3-2-8-19(12)18-14/h2-9H,1H3,(H2,16,17,18,20). The summed E-state index contributed by atoms with van der Waals surface area (Å²) in [4.78, 5) is 14.5. The van der Waals surface area contributed by atoms with Crippen LogP contribution in [-0.2, 0) is 0 Å². The van der Waals surface area contributed by atoms with Crippen molar-refractivity contribution in [3.63, 3.8) is 0 Å². The highest BCUT2D eigenvalue weighted by atomic mass is 19.1. The smallest absolute Gasteiger partial charge is 0.276 e. The molecular weight excluding hydrogens is 259 g/mol. The van der Waals surface area contributed by atoms with Crippen LogP contribution in [0.5, 0.6) is 0 Å². The van der Waals surface area contributed by atoms with Crippen molar-refractivity contribution in [1.82, 2.24) is 14.6 Å². The van der Waals surface area contributed by atoms with Gasteiger partial charge in [-0.25, -0.2) is 8.91 Å². The quantitative estimate of drug-likeness (QED) is 0.769. The summed E-state index contributed by atoms with van der Waals surface area (Å²) >= 11 is 0. The zero-order valence-corrected chi connectivity index (χ0v) is 10.8. The summed E-state index contributed by atoms with van der Waals surface area (Å²) in [6.07, 6.45) is 1.71. The number of nitrogens with one attached hydrogen (secondary N) is 2. The molecule has 5 nitrogen and oxygen atoms in total. The van der Waals surface area contributed by atoms with Crippen molar-refractivity contribution in [3.05, 3.63) is 64.3 Å². The molecular formula is C14H13FN4O. The van der Waals surface area contributed by atoms with Gasteiger partial charge in [0.05, 0.1) is 6.04 Å². The number of H-pyrrole nitrogens is 1. The molecule has 0 saturated heterocycles. The molecule has 20 heavy (non-hydrogen) atoms. The topological polar surface area (TPSA) is 62.2 Å². The Kier molecular flexibility index (Phi) is 2.98. The molecule has 6 heteroatoms. The Bertz CT molecular complexity index is 791. The normalized spacial score (nSPS) is 12.5. The molecule has 0 saturated carbocycles. The lowest BCUT2D eigenvalue weighted by molar-refractivity contribution is 0.626. The first-order valence-electron chi connectivity index (χ1n) is 6.23. The van der Waals surface area contributed by atoms with Gasteiger partial charge in [0.15, 0.2) is 0 Å². The molecule has 0 bridgehead atoms. The molecule has 2 aromatic heterocycles. The van der Waals surface area contributed by atoms with Crippen molar-refractivity contribution >= 4 is 11.5 Å². The number of aromatic amines is 1. The van der Waals surface area contributed by atoms with Gasteiger partial charge < -0.3 is 5.32 Å². The molecule has 1 atom stereocenters. The van der Waals surface area contributed by atoms with Crippen molar-refractivity contribution in [1.29, 1.82) is 0 Å². The van der Waals surface area contributed by atoms with E-state index in [2.05, 4.69) is 15.4 Å². The zero-order chi connectivity index (χ0) is 14.1. The van der Waals surface area contributed by atoms with E-state index in [1.54, 1.807) is 30.5 Å². The molecule has 102 valence electrons. The van der Waals surface area contributed by atoms with Crippen molar-refractivity contribution < 1.29 is 4.39 Å². The lowest BCUT2D eigenvalue weighted by Crippen LogP contribution is -2.18. The highest BCUT2D eigenvalue weighted by molar-refractivity contribution is 5.45. The Morgan fingerprint density at radius 3 is 2.80 bits per heavy atom.